The Kier molecular flexibility index (Phi) is 2.16. The van der Waals surface area contributed by atoms with Crippen LogP contribution in [0.25, 0.3) is 0 Å². The number of carbonyl (C=O) groups is 1. The Morgan fingerprint density at radius 2 is 1.67 bits per heavy atom. The van der Waals surface area contributed by atoms with E-state index in [9.17, 15) is 24.2 Å². The summed E-state index contributed by atoms with van der Waals surface area (Å²) in [5.74, 6) is 0. The van der Waals surface area contributed by atoms with Gasteiger partial charge in [-0.05, 0) is 18.2 Å². The Hall–Kier alpha value is -0.820. The fraction of sp³-hybridized carbons (Fsp3) is 0. The Labute approximate surface area is 86.6 Å². The zero-order valence-corrected chi connectivity index (χ0v) is 8.47. The van der Waals surface area contributed by atoms with Crippen LogP contribution in [0, 0.1) is 0 Å². The van der Waals surface area contributed by atoms with Gasteiger partial charge in [0.15, 0.2) is 6.29 Å². The Balaban J connectivity index is 3.50. The maximum Gasteiger partial charge on any atom is 0.310 e. The second-order valence-electron chi connectivity index (χ2n) is 2.77. The van der Waals surface area contributed by atoms with Crippen LogP contribution >= 0.6 is 21.8 Å². The number of hydrogen-bond acceptors (Lipinski definition) is 1. The summed E-state index contributed by atoms with van der Waals surface area (Å²) in [7, 11) is -9.72. The highest BCUT2D eigenvalue weighted by atomic mass is 35.5. The molecule has 0 N–H and O–H groups in total. The molecule has 1 aromatic carbocycles. The maximum absolute atomic E-state index is 12.2. The van der Waals surface area contributed by atoms with Crippen molar-refractivity contribution in [2.75, 3.05) is 0 Å². The third-order valence-corrected chi connectivity index (χ3v) is 3.03. The van der Waals surface area contributed by atoms with Gasteiger partial charge in [0.2, 0.25) is 0 Å². The predicted molar refractivity (Wildman–Crippen MR) is 48.2 cm³/mol. The summed E-state index contributed by atoms with van der Waals surface area (Å²) in [5.41, 5.74) is -0.623. The molecule has 0 aromatic heterocycles. The number of rotatable bonds is 2. The molecule has 1 nitrogen and oxygen atoms in total. The summed E-state index contributed by atoms with van der Waals surface area (Å²) < 4.78 is 61.2. The van der Waals surface area contributed by atoms with Gasteiger partial charge in [-0.3, -0.25) is 4.79 Å². The van der Waals surface area contributed by atoms with E-state index in [0.29, 0.717) is 6.07 Å². The zero-order chi connectivity index (χ0) is 12.0. The number of aldehydes is 1. The minimum atomic E-state index is -9.72. The van der Waals surface area contributed by atoms with Crippen molar-refractivity contribution in [2.24, 2.45) is 0 Å². The second-order valence-corrected chi connectivity index (χ2v) is 5.59. The van der Waals surface area contributed by atoms with Crippen LogP contribution in [-0.2, 0) is 0 Å². The van der Waals surface area contributed by atoms with Crippen LogP contribution in [0.5, 0.6) is 0 Å². The molecule has 0 atom stereocenters. The Bertz CT molecular complexity index is 426. The summed E-state index contributed by atoms with van der Waals surface area (Å²) in [5, 5.41) is -0.310. The quantitative estimate of drug-likeness (QED) is 0.554. The highest BCUT2D eigenvalue weighted by Gasteiger charge is 2.65. The molecule has 0 bridgehead atoms. The number of halogens is 6. The van der Waals surface area contributed by atoms with Gasteiger partial charge >= 0.3 is 10.2 Å². The SMILES string of the molecule is O=Cc1cc(S(F)(F)(F)(F)F)ccc1Cl. The topological polar surface area (TPSA) is 17.1 Å². The molecule has 0 saturated carbocycles. The molecule has 0 unspecified atom stereocenters. The van der Waals surface area contributed by atoms with Crippen molar-refractivity contribution >= 4 is 28.1 Å². The van der Waals surface area contributed by atoms with E-state index < -0.39 is 20.7 Å². The van der Waals surface area contributed by atoms with Crippen molar-refractivity contribution in [3.8, 4) is 0 Å². The van der Waals surface area contributed by atoms with E-state index >= 15 is 0 Å². The first-order valence-corrected chi connectivity index (χ1v) is 5.76. The molecule has 0 radical (unpaired) electrons. The molecule has 0 heterocycles. The lowest BCUT2D eigenvalue weighted by Crippen LogP contribution is -2.06. The van der Waals surface area contributed by atoms with Gasteiger partial charge in [-0.2, -0.15) is 0 Å². The summed E-state index contributed by atoms with van der Waals surface area (Å²) in [6, 6.07) is 0.798. The van der Waals surface area contributed by atoms with Crippen LogP contribution in [0.4, 0.5) is 19.4 Å². The minimum absolute atomic E-state index is 0.0185. The number of benzene rings is 1. The second kappa shape index (κ2) is 2.65. The van der Waals surface area contributed by atoms with Crippen LogP contribution in [0.2, 0.25) is 5.02 Å². The van der Waals surface area contributed by atoms with Crippen molar-refractivity contribution < 1.29 is 24.2 Å². The Morgan fingerprint density at radius 3 is 2.07 bits per heavy atom. The molecular formula is C7H4ClF5OS. The molecule has 0 amide bonds. The first-order valence-electron chi connectivity index (χ1n) is 3.43. The van der Waals surface area contributed by atoms with Crippen LogP contribution in [0.3, 0.4) is 0 Å². The normalized spacial score (nSPS) is 16.7. The van der Waals surface area contributed by atoms with Gasteiger partial charge in [-0.1, -0.05) is 31.0 Å². The largest absolute Gasteiger partial charge is 0.310 e. The molecule has 1 aromatic rings. The molecule has 0 aliphatic heterocycles. The third-order valence-electron chi connectivity index (χ3n) is 1.54. The van der Waals surface area contributed by atoms with Crippen molar-refractivity contribution in [3.05, 3.63) is 28.8 Å². The summed E-state index contributed by atoms with van der Waals surface area (Å²) >= 11 is 5.31. The lowest BCUT2D eigenvalue weighted by atomic mass is 10.2. The smallest absolute Gasteiger partial charge is 0.298 e. The molecule has 0 saturated heterocycles. The number of carbonyl (C=O) groups excluding carboxylic acids is 1. The van der Waals surface area contributed by atoms with Crippen molar-refractivity contribution in [3.63, 3.8) is 0 Å². The van der Waals surface area contributed by atoms with Gasteiger partial charge in [0.25, 0.3) is 0 Å². The van der Waals surface area contributed by atoms with Crippen molar-refractivity contribution in [1.82, 2.24) is 0 Å². The maximum atomic E-state index is 12.2. The Morgan fingerprint density at radius 1 is 1.13 bits per heavy atom. The average Bonchev–Trinajstić information content (AvgIpc) is 2.00. The van der Waals surface area contributed by atoms with E-state index in [1.165, 1.54) is 0 Å². The van der Waals surface area contributed by atoms with Gasteiger partial charge in [0.05, 0.1) is 5.02 Å². The number of hydrogen-bond donors (Lipinski definition) is 0. The molecule has 0 aliphatic carbocycles. The highest BCUT2D eigenvalue weighted by Crippen LogP contribution is 3.02. The van der Waals surface area contributed by atoms with Crippen molar-refractivity contribution in [2.45, 2.75) is 4.90 Å². The lowest BCUT2D eigenvalue weighted by Gasteiger charge is -2.40. The standard InChI is InChI=1S/C7H4ClF5OS/c8-7-2-1-6(3-5(7)4-14)15(9,10,11,12)13/h1-4H. The molecule has 1 rings (SSSR count). The van der Waals surface area contributed by atoms with E-state index in [4.69, 9.17) is 11.6 Å². The molecular weight excluding hydrogens is 263 g/mol. The van der Waals surface area contributed by atoms with E-state index in [1.807, 2.05) is 0 Å². The lowest BCUT2D eigenvalue weighted by molar-refractivity contribution is 0.112. The van der Waals surface area contributed by atoms with Gasteiger partial charge in [0.1, 0.15) is 4.90 Å². The fourth-order valence-electron chi connectivity index (χ4n) is 0.852. The first-order chi connectivity index (χ1) is 6.44. The average molecular weight is 267 g/mol. The van der Waals surface area contributed by atoms with Crippen LogP contribution < -0.4 is 0 Å². The van der Waals surface area contributed by atoms with Gasteiger partial charge in [-0.25, -0.2) is 0 Å². The van der Waals surface area contributed by atoms with E-state index in [2.05, 4.69) is 0 Å². The zero-order valence-electron chi connectivity index (χ0n) is 6.89. The summed E-state index contributed by atoms with van der Waals surface area (Å²) in [6.07, 6.45) is -0.0185. The van der Waals surface area contributed by atoms with Crippen LogP contribution in [-0.4, -0.2) is 6.29 Å². The minimum Gasteiger partial charge on any atom is -0.298 e. The van der Waals surface area contributed by atoms with E-state index in [0.717, 1.165) is 0 Å². The molecule has 0 aliphatic rings. The fourth-order valence-corrected chi connectivity index (χ4v) is 1.69. The van der Waals surface area contributed by atoms with Crippen molar-refractivity contribution in [1.29, 1.82) is 0 Å². The monoisotopic (exact) mass is 266 g/mol. The summed E-state index contributed by atoms with van der Waals surface area (Å²) in [4.78, 5) is 8.11. The van der Waals surface area contributed by atoms with Crippen LogP contribution in [0.15, 0.2) is 23.1 Å². The highest BCUT2D eigenvalue weighted by molar-refractivity contribution is 8.45. The third kappa shape index (κ3) is 2.82. The van der Waals surface area contributed by atoms with E-state index in [-0.39, 0.29) is 23.4 Å². The first kappa shape index (κ1) is 12.3. The van der Waals surface area contributed by atoms with Gasteiger partial charge < -0.3 is 0 Å². The van der Waals surface area contributed by atoms with Gasteiger partial charge in [0, 0.05) is 5.56 Å². The molecule has 15 heavy (non-hydrogen) atoms. The van der Waals surface area contributed by atoms with E-state index in [1.54, 1.807) is 0 Å². The predicted octanol–water partition coefficient (Wildman–Crippen LogP) is 4.81. The molecule has 0 spiro atoms. The molecule has 0 fully saturated rings. The molecule has 86 valence electrons. The summed E-state index contributed by atoms with van der Waals surface area (Å²) in [6.45, 7) is 0. The van der Waals surface area contributed by atoms with Gasteiger partial charge in [-0.15, -0.1) is 0 Å². The molecule has 8 heteroatoms. The van der Waals surface area contributed by atoms with Crippen LogP contribution in [0.1, 0.15) is 10.4 Å².